The van der Waals surface area contributed by atoms with Crippen molar-refractivity contribution in [2.45, 2.75) is 12.1 Å². The minimum Gasteiger partial charge on any atom is -0.358 e. The Morgan fingerprint density at radius 1 is 1.40 bits per heavy atom. The van der Waals surface area contributed by atoms with E-state index in [1.54, 1.807) is 19.2 Å². The number of aromatic nitrogens is 3. The third-order valence-electron chi connectivity index (χ3n) is 2.66. The summed E-state index contributed by atoms with van der Waals surface area (Å²) in [4.78, 5) is 11.3. The number of nitriles is 1. The van der Waals surface area contributed by atoms with Crippen LogP contribution in [0.4, 0.5) is 0 Å². The fourth-order valence-electron chi connectivity index (χ4n) is 1.62. The SMILES string of the molecule is CNC(=O)CSc1nnc(C)n1-c1ccc(C#N)cc1. The van der Waals surface area contributed by atoms with Gasteiger partial charge >= 0.3 is 0 Å². The van der Waals surface area contributed by atoms with E-state index in [9.17, 15) is 4.79 Å². The molecule has 0 saturated carbocycles. The number of hydrogen-bond acceptors (Lipinski definition) is 5. The molecule has 0 spiro atoms. The van der Waals surface area contributed by atoms with E-state index in [0.29, 0.717) is 10.7 Å². The van der Waals surface area contributed by atoms with E-state index in [4.69, 9.17) is 5.26 Å². The number of carbonyl (C=O) groups is 1. The van der Waals surface area contributed by atoms with E-state index in [1.807, 2.05) is 23.6 Å². The van der Waals surface area contributed by atoms with E-state index >= 15 is 0 Å². The first-order chi connectivity index (χ1) is 9.65. The van der Waals surface area contributed by atoms with Gasteiger partial charge in [0.05, 0.1) is 17.4 Å². The van der Waals surface area contributed by atoms with E-state index in [2.05, 4.69) is 21.6 Å². The first-order valence-electron chi connectivity index (χ1n) is 5.91. The van der Waals surface area contributed by atoms with E-state index in [-0.39, 0.29) is 11.7 Å². The molecule has 1 amide bonds. The Morgan fingerprint density at radius 3 is 2.70 bits per heavy atom. The molecular formula is C13H13N5OS. The number of benzene rings is 1. The zero-order valence-electron chi connectivity index (χ0n) is 11.1. The van der Waals surface area contributed by atoms with Crippen molar-refractivity contribution in [3.8, 4) is 11.8 Å². The molecule has 1 aromatic carbocycles. The van der Waals surface area contributed by atoms with Gasteiger partial charge in [-0.2, -0.15) is 5.26 Å². The van der Waals surface area contributed by atoms with Gasteiger partial charge in [-0.3, -0.25) is 9.36 Å². The quantitative estimate of drug-likeness (QED) is 0.857. The van der Waals surface area contributed by atoms with Crippen LogP contribution in [0.2, 0.25) is 0 Å². The predicted molar refractivity (Wildman–Crippen MR) is 75.6 cm³/mol. The Labute approximate surface area is 120 Å². The smallest absolute Gasteiger partial charge is 0.230 e. The van der Waals surface area contributed by atoms with Crippen LogP contribution in [0.3, 0.4) is 0 Å². The first-order valence-corrected chi connectivity index (χ1v) is 6.90. The minimum atomic E-state index is -0.0676. The summed E-state index contributed by atoms with van der Waals surface area (Å²) in [5.41, 5.74) is 1.46. The number of hydrogen-bond donors (Lipinski definition) is 1. The number of amides is 1. The zero-order chi connectivity index (χ0) is 14.5. The molecule has 0 unspecified atom stereocenters. The lowest BCUT2D eigenvalue weighted by Gasteiger charge is -2.08. The Bertz CT molecular complexity index is 656. The molecule has 6 nitrogen and oxygen atoms in total. The molecule has 0 radical (unpaired) electrons. The van der Waals surface area contributed by atoms with Crippen molar-refractivity contribution < 1.29 is 4.79 Å². The molecule has 2 rings (SSSR count). The molecule has 7 heteroatoms. The van der Waals surface area contributed by atoms with E-state index in [1.165, 1.54) is 11.8 Å². The number of nitrogens with one attached hydrogen (secondary N) is 1. The van der Waals surface area contributed by atoms with Crippen LogP contribution in [0.15, 0.2) is 29.4 Å². The van der Waals surface area contributed by atoms with Crippen molar-refractivity contribution in [2.75, 3.05) is 12.8 Å². The zero-order valence-corrected chi connectivity index (χ0v) is 11.9. The fraction of sp³-hybridized carbons (Fsp3) is 0.231. The Hall–Kier alpha value is -2.33. The molecule has 102 valence electrons. The normalized spacial score (nSPS) is 10.1. The number of carbonyl (C=O) groups excluding carboxylic acids is 1. The van der Waals surface area contributed by atoms with Crippen LogP contribution in [0.1, 0.15) is 11.4 Å². The predicted octanol–water partition coefficient (Wildman–Crippen LogP) is 1.29. The van der Waals surface area contributed by atoms with Gasteiger partial charge in [-0.1, -0.05) is 11.8 Å². The van der Waals surface area contributed by atoms with Gasteiger partial charge in [0.1, 0.15) is 5.82 Å². The summed E-state index contributed by atoms with van der Waals surface area (Å²) in [5, 5.41) is 20.1. The lowest BCUT2D eigenvalue weighted by Crippen LogP contribution is -2.20. The second-order valence-corrected chi connectivity index (χ2v) is 4.93. The Balaban J connectivity index is 2.28. The minimum absolute atomic E-state index is 0.0676. The highest BCUT2D eigenvalue weighted by atomic mass is 32.2. The van der Waals surface area contributed by atoms with Crippen molar-refractivity contribution in [3.63, 3.8) is 0 Å². The van der Waals surface area contributed by atoms with Gasteiger partial charge in [-0.25, -0.2) is 0 Å². The largest absolute Gasteiger partial charge is 0.358 e. The van der Waals surface area contributed by atoms with Gasteiger partial charge < -0.3 is 5.32 Å². The maximum Gasteiger partial charge on any atom is 0.230 e. The molecule has 2 aromatic rings. The lowest BCUT2D eigenvalue weighted by molar-refractivity contribution is -0.118. The topological polar surface area (TPSA) is 83.6 Å². The molecule has 0 aliphatic carbocycles. The van der Waals surface area contributed by atoms with Crippen LogP contribution >= 0.6 is 11.8 Å². The first kappa shape index (κ1) is 14.1. The van der Waals surface area contributed by atoms with Crippen LogP contribution in [-0.2, 0) is 4.79 Å². The molecule has 0 saturated heterocycles. The summed E-state index contributed by atoms with van der Waals surface area (Å²) in [6.07, 6.45) is 0. The highest BCUT2D eigenvalue weighted by molar-refractivity contribution is 7.99. The second-order valence-electron chi connectivity index (χ2n) is 3.99. The van der Waals surface area contributed by atoms with Gasteiger partial charge in [-0.05, 0) is 31.2 Å². The monoisotopic (exact) mass is 287 g/mol. The average molecular weight is 287 g/mol. The lowest BCUT2D eigenvalue weighted by atomic mass is 10.2. The number of thioether (sulfide) groups is 1. The number of nitrogens with zero attached hydrogens (tertiary/aromatic N) is 4. The van der Waals surface area contributed by atoms with E-state index < -0.39 is 0 Å². The van der Waals surface area contributed by atoms with Gasteiger partial charge in [0.25, 0.3) is 0 Å². The average Bonchev–Trinajstić information content (AvgIpc) is 2.85. The molecule has 0 aliphatic heterocycles. The maximum atomic E-state index is 11.3. The van der Waals surface area contributed by atoms with Gasteiger partial charge in [-0.15, -0.1) is 10.2 Å². The summed E-state index contributed by atoms with van der Waals surface area (Å²) >= 11 is 1.32. The van der Waals surface area contributed by atoms with Gasteiger partial charge in [0.2, 0.25) is 5.91 Å². The van der Waals surface area contributed by atoms with E-state index in [0.717, 1.165) is 11.5 Å². The summed E-state index contributed by atoms with van der Waals surface area (Å²) < 4.78 is 1.86. The molecule has 20 heavy (non-hydrogen) atoms. The molecule has 1 heterocycles. The molecular weight excluding hydrogens is 274 g/mol. The summed E-state index contributed by atoms with van der Waals surface area (Å²) in [6.45, 7) is 1.84. The molecule has 1 N–H and O–H groups in total. The Kier molecular flexibility index (Phi) is 4.38. The fourth-order valence-corrected chi connectivity index (χ4v) is 2.49. The number of rotatable bonds is 4. The summed E-state index contributed by atoms with van der Waals surface area (Å²) in [6, 6.07) is 9.22. The van der Waals surface area contributed by atoms with Crippen LogP contribution in [-0.4, -0.2) is 33.5 Å². The van der Waals surface area contributed by atoms with Crippen LogP contribution < -0.4 is 5.32 Å². The standard InChI is InChI=1S/C13H13N5OS/c1-9-16-17-13(20-8-12(19)15-2)18(9)11-5-3-10(7-14)4-6-11/h3-6H,8H2,1-2H3,(H,15,19). The van der Waals surface area contributed by atoms with Crippen molar-refractivity contribution in [1.82, 2.24) is 20.1 Å². The molecule has 0 atom stereocenters. The molecule has 1 aromatic heterocycles. The van der Waals surface area contributed by atoms with Crippen LogP contribution in [0.25, 0.3) is 5.69 Å². The summed E-state index contributed by atoms with van der Waals surface area (Å²) in [7, 11) is 1.60. The second kappa shape index (κ2) is 6.21. The van der Waals surface area contributed by atoms with Crippen molar-refractivity contribution in [1.29, 1.82) is 5.26 Å². The Morgan fingerprint density at radius 2 is 2.10 bits per heavy atom. The molecule has 0 bridgehead atoms. The molecule has 0 aliphatic rings. The highest BCUT2D eigenvalue weighted by Gasteiger charge is 2.12. The summed E-state index contributed by atoms with van der Waals surface area (Å²) in [5.74, 6) is 0.946. The van der Waals surface area contributed by atoms with Crippen LogP contribution in [0.5, 0.6) is 0 Å². The van der Waals surface area contributed by atoms with Crippen LogP contribution in [0, 0.1) is 18.3 Å². The van der Waals surface area contributed by atoms with Gasteiger partial charge in [0, 0.05) is 12.7 Å². The van der Waals surface area contributed by atoms with Crippen molar-refractivity contribution >= 4 is 17.7 Å². The third kappa shape index (κ3) is 2.97. The number of aryl methyl sites for hydroxylation is 1. The molecule has 0 fully saturated rings. The van der Waals surface area contributed by atoms with Crippen molar-refractivity contribution in [2.24, 2.45) is 0 Å². The van der Waals surface area contributed by atoms with Crippen molar-refractivity contribution in [3.05, 3.63) is 35.7 Å². The third-order valence-corrected chi connectivity index (χ3v) is 3.59. The van der Waals surface area contributed by atoms with Gasteiger partial charge in [0.15, 0.2) is 5.16 Å². The maximum absolute atomic E-state index is 11.3. The highest BCUT2D eigenvalue weighted by Crippen LogP contribution is 2.21.